The summed E-state index contributed by atoms with van der Waals surface area (Å²) < 4.78 is 5.60. The summed E-state index contributed by atoms with van der Waals surface area (Å²) in [4.78, 5) is 23.6. The Morgan fingerprint density at radius 2 is 1.88 bits per heavy atom. The number of carbonyl (C=O) groups excluding carboxylic acids is 1. The first-order chi connectivity index (χ1) is 12.2. The lowest BCUT2D eigenvalue weighted by atomic mass is 9.83. The van der Waals surface area contributed by atoms with E-state index < -0.39 is 5.60 Å². The van der Waals surface area contributed by atoms with Gasteiger partial charge in [0, 0.05) is 55.8 Å². The molecule has 0 saturated carbocycles. The largest absolute Gasteiger partial charge is 0.444 e. The van der Waals surface area contributed by atoms with E-state index in [1.54, 1.807) is 0 Å². The molecule has 2 aliphatic rings. The number of nitrogens with zero attached hydrogens (tertiary/aromatic N) is 4. The number of pyridine rings is 1. The minimum Gasteiger partial charge on any atom is -0.444 e. The van der Waals surface area contributed by atoms with Gasteiger partial charge in [-0.1, -0.05) is 0 Å². The molecule has 1 aromatic rings. The van der Waals surface area contributed by atoms with Gasteiger partial charge in [-0.25, -0.2) is 4.79 Å². The van der Waals surface area contributed by atoms with Crippen LogP contribution in [-0.2, 0) is 4.74 Å². The second kappa shape index (κ2) is 7.06. The first-order valence-electron chi connectivity index (χ1n) is 9.55. The number of ether oxygens (including phenoxy) is 1. The van der Waals surface area contributed by atoms with Crippen molar-refractivity contribution in [2.24, 2.45) is 0 Å². The topological polar surface area (TPSA) is 48.9 Å². The maximum atomic E-state index is 12.5. The molecule has 2 aliphatic heterocycles. The fraction of sp³-hybridized carbons (Fsp3) is 0.700. The van der Waals surface area contributed by atoms with Gasteiger partial charge < -0.3 is 14.5 Å². The van der Waals surface area contributed by atoms with Gasteiger partial charge in [0.1, 0.15) is 5.60 Å². The van der Waals surface area contributed by atoms with Crippen LogP contribution in [-0.4, -0.2) is 71.8 Å². The molecule has 2 fully saturated rings. The van der Waals surface area contributed by atoms with Gasteiger partial charge in [-0.05, 0) is 59.7 Å². The standard InChI is InChI=1S/C20H32N4O2/c1-16-14-17(6-9-21-16)23-10-7-20(8-11-23)15-24(13-12-22(20)5)18(25)26-19(2,3)4/h6,9,14H,7-8,10-13,15H2,1-5H3. The molecule has 0 aliphatic carbocycles. The van der Waals surface area contributed by atoms with E-state index in [1.165, 1.54) is 5.69 Å². The molecule has 26 heavy (non-hydrogen) atoms. The molecule has 6 nitrogen and oxygen atoms in total. The summed E-state index contributed by atoms with van der Waals surface area (Å²) in [5.74, 6) is 0. The molecule has 1 amide bonds. The zero-order chi connectivity index (χ0) is 18.9. The number of anilines is 1. The zero-order valence-corrected chi connectivity index (χ0v) is 16.8. The third-order valence-electron chi connectivity index (χ3n) is 5.59. The van der Waals surface area contributed by atoms with Gasteiger partial charge in [-0.2, -0.15) is 0 Å². The van der Waals surface area contributed by atoms with Crippen LogP contribution in [0, 0.1) is 6.92 Å². The highest BCUT2D eigenvalue weighted by molar-refractivity contribution is 5.68. The molecule has 3 heterocycles. The first kappa shape index (κ1) is 19.0. The van der Waals surface area contributed by atoms with Gasteiger partial charge in [-0.15, -0.1) is 0 Å². The van der Waals surface area contributed by atoms with E-state index in [0.29, 0.717) is 0 Å². The van der Waals surface area contributed by atoms with E-state index in [9.17, 15) is 4.79 Å². The second-order valence-electron chi connectivity index (χ2n) is 8.69. The SMILES string of the molecule is Cc1cc(N2CCC3(CC2)CN(C(=O)OC(C)(C)C)CCN3C)ccn1. The number of hydrogen-bond donors (Lipinski definition) is 0. The predicted octanol–water partition coefficient (Wildman–Crippen LogP) is 2.91. The number of piperazine rings is 1. The number of aryl methyl sites for hydroxylation is 1. The Morgan fingerprint density at radius 3 is 2.50 bits per heavy atom. The van der Waals surface area contributed by atoms with Crippen molar-refractivity contribution in [3.8, 4) is 0 Å². The van der Waals surface area contributed by atoms with Crippen LogP contribution < -0.4 is 4.90 Å². The highest BCUT2D eigenvalue weighted by Gasteiger charge is 2.44. The van der Waals surface area contributed by atoms with Crippen molar-refractivity contribution in [2.75, 3.05) is 44.7 Å². The minimum absolute atomic E-state index is 0.0493. The van der Waals surface area contributed by atoms with Crippen molar-refractivity contribution in [3.05, 3.63) is 24.0 Å². The Kier molecular flexibility index (Phi) is 5.15. The molecule has 0 bridgehead atoms. The fourth-order valence-corrected chi connectivity index (χ4v) is 3.99. The predicted molar refractivity (Wildman–Crippen MR) is 104 cm³/mol. The Balaban J connectivity index is 1.66. The van der Waals surface area contributed by atoms with Crippen LogP contribution >= 0.6 is 0 Å². The third kappa shape index (κ3) is 4.11. The van der Waals surface area contributed by atoms with E-state index in [2.05, 4.69) is 34.0 Å². The van der Waals surface area contributed by atoms with E-state index in [1.807, 2.05) is 38.8 Å². The van der Waals surface area contributed by atoms with Crippen molar-refractivity contribution >= 4 is 11.8 Å². The third-order valence-corrected chi connectivity index (χ3v) is 5.59. The fourth-order valence-electron chi connectivity index (χ4n) is 3.99. The van der Waals surface area contributed by atoms with Gasteiger partial charge in [0.15, 0.2) is 0 Å². The van der Waals surface area contributed by atoms with Crippen molar-refractivity contribution in [1.82, 2.24) is 14.8 Å². The van der Waals surface area contributed by atoms with Gasteiger partial charge in [-0.3, -0.25) is 9.88 Å². The van der Waals surface area contributed by atoms with Crippen LogP contribution in [0.2, 0.25) is 0 Å². The summed E-state index contributed by atoms with van der Waals surface area (Å²) in [6, 6.07) is 4.23. The summed E-state index contributed by atoms with van der Waals surface area (Å²) in [5.41, 5.74) is 1.90. The van der Waals surface area contributed by atoms with E-state index in [-0.39, 0.29) is 11.6 Å². The van der Waals surface area contributed by atoms with Gasteiger partial charge in [0.05, 0.1) is 0 Å². The Hall–Kier alpha value is -1.82. The summed E-state index contributed by atoms with van der Waals surface area (Å²) in [6.07, 6.45) is 3.79. The van der Waals surface area contributed by atoms with Crippen molar-refractivity contribution in [1.29, 1.82) is 0 Å². The summed E-state index contributed by atoms with van der Waals surface area (Å²) in [7, 11) is 2.19. The smallest absolute Gasteiger partial charge is 0.410 e. The number of piperidine rings is 1. The second-order valence-corrected chi connectivity index (χ2v) is 8.69. The average Bonchev–Trinajstić information content (AvgIpc) is 2.56. The molecule has 0 N–H and O–H groups in total. The Labute approximate surface area is 157 Å². The Morgan fingerprint density at radius 1 is 1.19 bits per heavy atom. The van der Waals surface area contributed by atoms with Gasteiger partial charge in [0.25, 0.3) is 0 Å². The van der Waals surface area contributed by atoms with Crippen LogP contribution in [0.5, 0.6) is 0 Å². The molecule has 0 atom stereocenters. The van der Waals surface area contributed by atoms with Crippen LogP contribution in [0.3, 0.4) is 0 Å². The number of rotatable bonds is 1. The van der Waals surface area contributed by atoms with E-state index in [0.717, 1.165) is 51.3 Å². The lowest BCUT2D eigenvalue weighted by Crippen LogP contribution is -2.65. The molecule has 6 heteroatoms. The minimum atomic E-state index is -0.448. The van der Waals surface area contributed by atoms with Crippen LogP contribution in [0.15, 0.2) is 18.3 Å². The summed E-state index contributed by atoms with van der Waals surface area (Å²) in [5, 5.41) is 0. The molecular weight excluding hydrogens is 328 g/mol. The molecule has 144 valence electrons. The van der Waals surface area contributed by atoms with E-state index in [4.69, 9.17) is 4.74 Å². The monoisotopic (exact) mass is 360 g/mol. The maximum Gasteiger partial charge on any atom is 0.410 e. The van der Waals surface area contributed by atoms with Crippen LogP contribution in [0.25, 0.3) is 0 Å². The highest BCUT2D eigenvalue weighted by Crippen LogP contribution is 2.34. The number of hydrogen-bond acceptors (Lipinski definition) is 5. The number of amides is 1. The highest BCUT2D eigenvalue weighted by atomic mass is 16.6. The number of likely N-dealkylation sites (N-methyl/N-ethyl adjacent to an activating group) is 1. The molecule has 0 unspecified atom stereocenters. The van der Waals surface area contributed by atoms with Gasteiger partial charge in [0.2, 0.25) is 0 Å². The van der Waals surface area contributed by atoms with Crippen molar-refractivity contribution < 1.29 is 9.53 Å². The molecule has 0 radical (unpaired) electrons. The lowest BCUT2D eigenvalue weighted by Gasteiger charge is -2.53. The van der Waals surface area contributed by atoms with Crippen LogP contribution in [0.1, 0.15) is 39.3 Å². The molecule has 3 rings (SSSR count). The molecule has 2 saturated heterocycles. The number of carbonyl (C=O) groups is 1. The Bertz CT molecular complexity index is 647. The molecule has 0 aromatic carbocycles. The quantitative estimate of drug-likeness (QED) is 0.771. The summed E-state index contributed by atoms with van der Waals surface area (Å²) in [6.45, 7) is 12.2. The van der Waals surface area contributed by atoms with Crippen molar-refractivity contribution in [2.45, 2.75) is 51.7 Å². The maximum absolute atomic E-state index is 12.5. The van der Waals surface area contributed by atoms with Crippen molar-refractivity contribution in [3.63, 3.8) is 0 Å². The molecule has 1 aromatic heterocycles. The van der Waals surface area contributed by atoms with Crippen LogP contribution in [0.4, 0.5) is 10.5 Å². The first-order valence-corrected chi connectivity index (χ1v) is 9.55. The molecule has 1 spiro atoms. The normalized spacial score (nSPS) is 21.1. The zero-order valence-electron chi connectivity index (χ0n) is 16.8. The van der Waals surface area contributed by atoms with Gasteiger partial charge >= 0.3 is 6.09 Å². The lowest BCUT2D eigenvalue weighted by molar-refractivity contribution is -0.0253. The number of aromatic nitrogens is 1. The molecular formula is C20H32N4O2. The average molecular weight is 361 g/mol. The van der Waals surface area contributed by atoms with E-state index >= 15 is 0 Å². The summed E-state index contributed by atoms with van der Waals surface area (Å²) >= 11 is 0.